The largest absolute Gasteiger partial charge is 0.391 e. The van der Waals surface area contributed by atoms with Gasteiger partial charge in [0.15, 0.2) is 0 Å². The Kier molecular flexibility index (Phi) is 6.59. The normalized spacial score (nSPS) is 32.0. The number of carbonyl (C=O) groups is 1. The minimum Gasteiger partial charge on any atom is -0.391 e. The van der Waals surface area contributed by atoms with E-state index in [1.165, 1.54) is 25.7 Å². The summed E-state index contributed by atoms with van der Waals surface area (Å²) in [6.07, 6.45) is 9.69. The van der Waals surface area contributed by atoms with Gasteiger partial charge in [-0.1, -0.05) is 12.8 Å². The van der Waals surface area contributed by atoms with Gasteiger partial charge in [0, 0.05) is 26.2 Å². The lowest BCUT2D eigenvalue weighted by molar-refractivity contribution is -0.124. The van der Waals surface area contributed by atoms with Gasteiger partial charge < -0.3 is 19.9 Å². The molecule has 3 fully saturated rings. The van der Waals surface area contributed by atoms with Gasteiger partial charge in [-0.05, 0) is 50.6 Å². The fraction of sp³-hybridized carbons (Fsp3) is 0.850. The molecule has 3 aliphatic rings. The van der Waals surface area contributed by atoms with Gasteiger partial charge in [-0.2, -0.15) is 0 Å². The zero-order valence-corrected chi connectivity index (χ0v) is 16.7. The number of aliphatic hydroxyl groups is 1. The maximum absolute atomic E-state index is 12.5. The van der Waals surface area contributed by atoms with Crippen LogP contribution in [0.2, 0.25) is 0 Å². The van der Waals surface area contributed by atoms with Crippen molar-refractivity contribution in [3.63, 3.8) is 0 Å². The molecule has 4 atom stereocenters. The SMILES string of the molecule is O=C(CN1CCCCCC1)N[C@H]1C[C@H]2CN(CCn3cnnc3)C[C@H]2C[C@@H]1O. The summed E-state index contributed by atoms with van der Waals surface area (Å²) in [5, 5.41) is 21.5. The Balaban J connectivity index is 1.23. The quantitative estimate of drug-likeness (QED) is 0.729. The van der Waals surface area contributed by atoms with Crippen LogP contribution in [0.1, 0.15) is 38.5 Å². The van der Waals surface area contributed by atoms with E-state index in [4.69, 9.17) is 0 Å². The van der Waals surface area contributed by atoms with Crippen molar-refractivity contribution in [3.8, 4) is 0 Å². The second-order valence-corrected chi connectivity index (χ2v) is 8.88. The number of aliphatic hydroxyl groups excluding tert-OH is 1. The number of fused-ring (bicyclic) bond motifs is 1. The third-order valence-corrected chi connectivity index (χ3v) is 6.77. The van der Waals surface area contributed by atoms with E-state index >= 15 is 0 Å². The van der Waals surface area contributed by atoms with E-state index in [1.807, 2.05) is 4.57 Å². The molecule has 0 spiro atoms. The maximum atomic E-state index is 12.5. The first-order valence-electron chi connectivity index (χ1n) is 10.9. The fourth-order valence-corrected chi connectivity index (χ4v) is 5.21. The van der Waals surface area contributed by atoms with Crippen molar-refractivity contribution < 1.29 is 9.90 Å². The van der Waals surface area contributed by atoms with Crippen LogP contribution in [-0.2, 0) is 11.3 Å². The van der Waals surface area contributed by atoms with Gasteiger partial charge in [0.05, 0.1) is 18.7 Å². The number of amides is 1. The highest BCUT2D eigenvalue weighted by molar-refractivity contribution is 5.78. The van der Waals surface area contributed by atoms with Crippen molar-refractivity contribution in [2.45, 2.75) is 57.2 Å². The van der Waals surface area contributed by atoms with Gasteiger partial charge in [0.2, 0.25) is 5.91 Å². The molecule has 1 aliphatic carbocycles. The van der Waals surface area contributed by atoms with Crippen LogP contribution >= 0.6 is 0 Å². The lowest BCUT2D eigenvalue weighted by Gasteiger charge is -2.36. The van der Waals surface area contributed by atoms with Gasteiger partial charge in [-0.3, -0.25) is 9.69 Å². The topological polar surface area (TPSA) is 86.5 Å². The third kappa shape index (κ3) is 5.10. The van der Waals surface area contributed by atoms with Crippen LogP contribution in [0.15, 0.2) is 12.7 Å². The second-order valence-electron chi connectivity index (χ2n) is 8.88. The van der Waals surface area contributed by atoms with E-state index in [9.17, 15) is 9.90 Å². The van der Waals surface area contributed by atoms with Crippen molar-refractivity contribution in [3.05, 3.63) is 12.7 Å². The third-order valence-electron chi connectivity index (χ3n) is 6.77. The van der Waals surface area contributed by atoms with Crippen LogP contribution < -0.4 is 5.32 Å². The predicted octanol–water partition coefficient (Wildman–Crippen LogP) is 0.342. The van der Waals surface area contributed by atoms with Gasteiger partial charge in [-0.15, -0.1) is 10.2 Å². The van der Waals surface area contributed by atoms with Crippen LogP contribution in [0, 0.1) is 11.8 Å². The number of aromatic nitrogens is 3. The minimum atomic E-state index is -0.424. The molecule has 1 aromatic rings. The molecule has 0 aromatic carbocycles. The molecule has 28 heavy (non-hydrogen) atoms. The van der Waals surface area contributed by atoms with E-state index in [0.29, 0.717) is 18.4 Å². The van der Waals surface area contributed by atoms with Gasteiger partial charge in [0.1, 0.15) is 12.7 Å². The van der Waals surface area contributed by atoms with Gasteiger partial charge in [-0.25, -0.2) is 0 Å². The number of nitrogens with one attached hydrogen (secondary N) is 1. The Morgan fingerprint density at radius 1 is 0.964 bits per heavy atom. The molecule has 0 unspecified atom stereocenters. The molecule has 2 N–H and O–H groups in total. The average Bonchev–Trinajstić information content (AvgIpc) is 3.25. The molecule has 156 valence electrons. The number of nitrogens with zero attached hydrogens (tertiary/aromatic N) is 5. The van der Waals surface area contributed by atoms with Crippen molar-refractivity contribution in [1.82, 2.24) is 29.9 Å². The highest BCUT2D eigenvalue weighted by Gasteiger charge is 2.42. The molecule has 8 heteroatoms. The molecular weight excluding hydrogens is 356 g/mol. The molecule has 0 bridgehead atoms. The average molecular weight is 391 g/mol. The monoisotopic (exact) mass is 390 g/mol. The van der Waals surface area contributed by atoms with Gasteiger partial charge in [0.25, 0.3) is 0 Å². The summed E-state index contributed by atoms with van der Waals surface area (Å²) in [4.78, 5) is 17.3. The van der Waals surface area contributed by atoms with Crippen molar-refractivity contribution in [1.29, 1.82) is 0 Å². The molecule has 2 aliphatic heterocycles. The zero-order valence-electron chi connectivity index (χ0n) is 16.7. The van der Waals surface area contributed by atoms with Crippen molar-refractivity contribution in [2.75, 3.05) is 39.3 Å². The first-order chi connectivity index (χ1) is 13.7. The zero-order chi connectivity index (χ0) is 19.3. The minimum absolute atomic E-state index is 0.0758. The molecule has 1 amide bonds. The smallest absolute Gasteiger partial charge is 0.234 e. The molecule has 1 saturated carbocycles. The molecule has 8 nitrogen and oxygen atoms in total. The lowest BCUT2D eigenvalue weighted by atomic mass is 9.77. The number of rotatable bonds is 6. The Bertz CT molecular complexity index is 616. The van der Waals surface area contributed by atoms with E-state index in [2.05, 4.69) is 25.3 Å². The van der Waals surface area contributed by atoms with E-state index in [1.54, 1.807) is 12.7 Å². The molecular formula is C20H34N6O2. The summed E-state index contributed by atoms with van der Waals surface area (Å²) in [6, 6.07) is -0.0986. The summed E-state index contributed by atoms with van der Waals surface area (Å²) in [6.45, 7) is 6.48. The summed E-state index contributed by atoms with van der Waals surface area (Å²) in [5.74, 6) is 1.18. The van der Waals surface area contributed by atoms with Crippen LogP contribution in [0.3, 0.4) is 0 Å². The summed E-state index contributed by atoms with van der Waals surface area (Å²) < 4.78 is 2.00. The maximum Gasteiger partial charge on any atom is 0.234 e. The first kappa shape index (κ1) is 19.8. The summed E-state index contributed by atoms with van der Waals surface area (Å²) in [7, 11) is 0. The molecule has 4 rings (SSSR count). The highest BCUT2D eigenvalue weighted by Crippen LogP contribution is 2.36. The van der Waals surface area contributed by atoms with Crippen molar-refractivity contribution in [2.24, 2.45) is 11.8 Å². The first-order valence-corrected chi connectivity index (χ1v) is 10.9. The molecule has 3 heterocycles. The second kappa shape index (κ2) is 9.33. The summed E-state index contributed by atoms with van der Waals surface area (Å²) in [5.41, 5.74) is 0. The van der Waals surface area contributed by atoms with E-state index in [0.717, 1.165) is 52.1 Å². The fourth-order valence-electron chi connectivity index (χ4n) is 5.21. The van der Waals surface area contributed by atoms with Gasteiger partial charge >= 0.3 is 0 Å². The van der Waals surface area contributed by atoms with E-state index in [-0.39, 0.29) is 11.9 Å². The summed E-state index contributed by atoms with van der Waals surface area (Å²) >= 11 is 0. The van der Waals surface area contributed by atoms with Crippen LogP contribution in [0.5, 0.6) is 0 Å². The lowest BCUT2D eigenvalue weighted by Crippen LogP contribution is -2.51. The molecule has 0 radical (unpaired) electrons. The number of likely N-dealkylation sites (tertiary alicyclic amines) is 2. The highest BCUT2D eigenvalue weighted by atomic mass is 16.3. The van der Waals surface area contributed by atoms with Crippen LogP contribution in [-0.4, -0.2) is 87.0 Å². The van der Waals surface area contributed by atoms with E-state index < -0.39 is 6.10 Å². The number of carbonyl (C=O) groups excluding carboxylic acids is 1. The predicted molar refractivity (Wildman–Crippen MR) is 106 cm³/mol. The standard InChI is InChI=1S/C20H34N6O2/c27-19-10-17-12-25(7-8-26-14-21-22-15-26)11-16(17)9-18(19)23-20(28)13-24-5-3-1-2-4-6-24/h14-19,27H,1-13H2,(H,23,28)/t16-,17+,18-,19-/m0/s1. The van der Waals surface area contributed by atoms with Crippen LogP contribution in [0.4, 0.5) is 0 Å². The number of hydrogen-bond donors (Lipinski definition) is 2. The Morgan fingerprint density at radius 2 is 1.64 bits per heavy atom. The molecule has 1 aromatic heterocycles. The Morgan fingerprint density at radius 3 is 2.36 bits per heavy atom. The van der Waals surface area contributed by atoms with Crippen LogP contribution in [0.25, 0.3) is 0 Å². The molecule has 2 saturated heterocycles. The number of hydrogen-bond acceptors (Lipinski definition) is 6. The Hall–Kier alpha value is -1.51. The Labute approximate surface area is 167 Å². The van der Waals surface area contributed by atoms with Crippen molar-refractivity contribution >= 4 is 5.91 Å².